The van der Waals surface area contributed by atoms with E-state index in [1.54, 1.807) is 27.2 Å². The number of piperazine rings is 1. The number of halogens is 4. The van der Waals surface area contributed by atoms with Crippen LogP contribution in [0.25, 0.3) is 11.4 Å². The van der Waals surface area contributed by atoms with E-state index in [9.17, 15) is 32.7 Å². The van der Waals surface area contributed by atoms with Gasteiger partial charge in [-0.1, -0.05) is 24.6 Å². The molecule has 51 heavy (non-hydrogen) atoms. The molecule has 2 aliphatic heterocycles. The standard InChI is InChI=1S/C31H33B2ClF3N9O5/c1-3-21-23(43-8-10-44(11-9-43)26(48)22-24(47)16(2)38-15-39-22)27(49)46-29(41-25(42-46)17-6-12-51-13-7-17)45(21)30(32,33)28(50)40-20-5-4-18(14-19(20)34)31(35,36)37/h4-6,14-15,47H,3,7-13,32-33H2,1-2H3,(H,40,50). The molecule has 0 radical (unpaired) electrons. The number of nitrogens with zero attached hydrogens (tertiary/aromatic N) is 8. The van der Waals surface area contributed by atoms with Crippen molar-refractivity contribution >= 4 is 61.8 Å². The summed E-state index contributed by atoms with van der Waals surface area (Å²) in [4.78, 5) is 57.7. The van der Waals surface area contributed by atoms with Gasteiger partial charge in [0.15, 0.2) is 17.3 Å². The Hall–Kier alpha value is -4.90. The van der Waals surface area contributed by atoms with Crippen LogP contribution < -0.4 is 15.8 Å². The first kappa shape index (κ1) is 35.9. The Bertz CT molecular complexity index is 2130. The summed E-state index contributed by atoms with van der Waals surface area (Å²) in [7, 11) is 3.20. The van der Waals surface area contributed by atoms with Crippen LogP contribution in [-0.4, -0.2) is 106 Å². The van der Waals surface area contributed by atoms with E-state index < -0.39 is 34.5 Å². The van der Waals surface area contributed by atoms with Crippen molar-refractivity contribution in [3.63, 3.8) is 0 Å². The van der Waals surface area contributed by atoms with Crippen molar-refractivity contribution in [3.8, 4) is 5.75 Å². The Balaban J connectivity index is 1.41. The minimum Gasteiger partial charge on any atom is -0.504 e. The minimum absolute atomic E-state index is 0.0293. The van der Waals surface area contributed by atoms with Gasteiger partial charge in [-0.25, -0.2) is 9.97 Å². The summed E-state index contributed by atoms with van der Waals surface area (Å²) in [6.45, 7) is 5.00. The van der Waals surface area contributed by atoms with E-state index in [0.29, 0.717) is 31.2 Å². The SMILES string of the molecule is BC(B)(C(=O)Nc1ccc(C(F)(F)F)cc1Cl)n1c(CC)c(N2CCN(C(=O)c3ncnc(C)c3O)CC2)c(=O)n2nc(C3=CCOCC3)nc12. The third-order valence-corrected chi connectivity index (χ3v) is 9.38. The number of carbonyl (C=O) groups is 2. The Kier molecular flexibility index (Phi) is 9.63. The molecule has 4 aromatic rings. The number of anilines is 2. The van der Waals surface area contributed by atoms with E-state index in [2.05, 4.69) is 20.4 Å². The van der Waals surface area contributed by atoms with E-state index in [0.717, 1.165) is 28.3 Å². The number of alkyl halides is 3. The van der Waals surface area contributed by atoms with Gasteiger partial charge in [0.2, 0.25) is 11.7 Å². The summed E-state index contributed by atoms with van der Waals surface area (Å²) in [5, 5.41) is 15.8. The van der Waals surface area contributed by atoms with E-state index >= 15 is 0 Å². The smallest absolute Gasteiger partial charge is 0.416 e. The van der Waals surface area contributed by atoms with Crippen LogP contribution in [-0.2, 0) is 27.5 Å². The lowest BCUT2D eigenvalue weighted by Gasteiger charge is -2.38. The van der Waals surface area contributed by atoms with Crippen molar-refractivity contribution in [1.82, 2.24) is 34.0 Å². The van der Waals surface area contributed by atoms with Crippen LogP contribution in [0.5, 0.6) is 5.75 Å². The third-order valence-electron chi connectivity index (χ3n) is 9.06. The molecule has 0 atom stereocenters. The van der Waals surface area contributed by atoms with E-state index in [-0.39, 0.29) is 71.9 Å². The quantitative estimate of drug-likeness (QED) is 0.265. The van der Waals surface area contributed by atoms with Gasteiger partial charge in [0.1, 0.15) is 27.7 Å². The predicted octanol–water partition coefficient (Wildman–Crippen LogP) is 1.21. The Morgan fingerprint density at radius 3 is 2.49 bits per heavy atom. The van der Waals surface area contributed by atoms with Crippen molar-refractivity contribution in [1.29, 1.82) is 0 Å². The summed E-state index contributed by atoms with van der Waals surface area (Å²) in [5.41, 5.74) is 0.155. The highest BCUT2D eigenvalue weighted by molar-refractivity contribution is 6.50. The second-order valence-corrected chi connectivity index (χ2v) is 13.0. The highest BCUT2D eigenvalue weighted by Gasteiger charge is 2.38. The van der Waals surface area contributed by atoms with Gasteiger partial charge in [-0.15, -0.1) is 5.10 Å². The third kappa shape index (κ3) is 6.67. The van der Waals surface area contributed by atoms with Crippen molar-refractivity contribution in [2.45, 2.75) is 38.2 Å². The number of aromatic hydroxyl groups is 1. The Morgan fingerprint density at radius 2 is 1.86 bits per heavy atom. The van der Waals surface area contributed by atoms with Crippen molar-refractivity contribution < 1.29 is 32.6 Å². The number of nitrogens with one attached hydrogen (secondary N) is 1. The number of hydrogen-bond donors (Lipinski definition) is 2. The zero-order valence-corrected chi connectivity index (χ0v) is 29.0. The average molecular weight is 726 g/mol. The maximum atomic E-state index is 14.3. The Morgan fingerprint density at radius 1 is 1.14 bits per heavy atom. The molecule has 0 unspecified atom stereocenters. The van der Waals surface area contributed by atoms with Crippen molar-refractivity contribution in [3.05, 3.63) is 74.4 Å². The molecule has 6 rings (SSSR count). The molecule has 0 bridgehead atoms. The molecule has 0 aliphatic carbocycles. The van der Waals surface area contributed by atoms with E-state index in [4.69, 9.17) is 21.3 Å². The molecule has 2 aliphatic rings. The van der Waals surface area contributed by atoms with Crippen LogP contribution in [0.15, 0.2) is 35.4 Å². The van der Waals surface area contributed by atoms with Crippen LogP contribution in [0.3, 0.4) is 0 Å². The molecule has 2 amide bonds. The number of aryl methyl sites for hydroxylation is 1. The molecule has 266 valence electrons. The van der Waals surface area contributed by atoms with Gasteiger partial charge in [0.05, 0.1) is 40.5 Å². The summed E-state index contributed by atoms with van der Waals surface area (Å²) in [6.07, 6.45) is -0.820. The lowest BCUT2D eigenvalue weighted by molar-refractivity contribution is -0.137. The first-order chi connectivity index (χ1) is 24.1. The topological polar surface area (TPSA) is 160 Å². The molecule has 1 saturated heterocycles. The van der Waals surface area contributed by atoms with Crippen molar-refractivity contribution in [2.75, 3.05) is 49.6 Å². The monoisotopic (exact) mass is 725 g/mol. The van der Waals surface area contributed by atoms with Gasteiger partial charge in [-0.2, -0.15) is 22.7 Å². The number of ether oxygens (including phenoxy) is 1. The lowest BCUT2D eigenvalue weighted by atomic mass is 9.60. The fourth-order valence-electron chi connectivity index (χ4n) is 6.21. The number of aromatic nitrogens is 6. The van der Waals surface area contributed by atoms with Gasteiger partial charge >= 0.3 is 6.18 Å². The van der Waals surface area contributed by atoms with Crippen LogP contribution >= 0.6 is 11.6 Å². The maximum absolute atomic E-state index is 14.3. The molecule has 1 aromatic carbocycles. The van der Waals surface area contributed by atoms with Gasteiger partial charge < -0.3 is 29.5 Å². The molecule has 5 heterocycles. The van der Waals surface area contributed by atoms with E-state index in [1.807, 2.05) is 17.9 Å². The Labute approximate surface area is 296 Å². The van der Waals surface area contributed by atoms with Crippen molar-refractivity contribution in [2.24, 2.45) is 0 Å². The maximum Gasteiger partial charge on any atom is 0.416 e. The molecule has 20 heteroatoms. The molecule has 3 aromatic heterocycles. The number of rotatable bonds is 7. The fraction of sp³-hybridized carbons (Fsp3) is 0.387. The summed E-state index contributed by atoms with van der Waals surface area (Å²) in [6, 6.07) is 2.65. The molecular formula is C31H33B2ClF3N9O5. The minimum atomic E-state index is -4.62. The summed E-state index contributed by atoms with van der Waals surface area (Å²) < 4.78 is 48.1. The largest absolute Gasteiger partial charge is 0.504 e. The fourth-order valence-corrected chi connectivity index (χ4v) is 6.44. The van der Waals surface area contributed by atoms with Crippen LogP contribution in [0.2, 0.25) is 5.02 Å². The number of hydrogen-bond acceptors (Lipinski definition) is 10. The van der Waals surface area contributed by atoms with Crippen LogP contribution in [0, 0.1) is 6.92 Å². The second kappa shape index (κ2) is 13.7. The van der Waals surface area contributed by atoms with Gasteiger partial charge in [-0.3, -0.25) is 14.4 Å². The highest BCUT2D eigenvalue weighted by atomic mass is 35.5. The lowest BCUT2D eigenvalue weighted by Crippen LogP contribution is -2.53. The first-order valence-corrected chi connectivity index (χ1v) is 16.6. The van der Waals surface area contributed by atoms with E-state index in [1.165, 1.54) is 11.2 Å². The molecule has 2 N–H and O–H groups in total. The van der Waals surface area contributed by atoms with Crippen LogP contribution in [0.4, 0.5) is 24.5 Å². The van der Waals surface area contributed by atoms with Gasteiger partial charge in [0.25, 0.3) is 11.5 Å². The normalized spacial score (nSPS) is 15.6. The number of fused-ring (bicyclic) bond motifs is 1. The summed E-state index contributed by atoms with van der Waals surface area (Å²) in [5.74, 6) is -1.04. The van der Waals surface area contributed by atoms with Crippen LogP contribution in [0.1, 0.15) is 46.6 Å². The second-order valence-electron chi connectivity index (χ2n) is 12.6. The first-order valence-electron chi connectivity index (χ1n) is 16.2. The zero-order chi connectivity index (χ0) is 36.8. The molecule has 14 nitrogen and oxygen atoms in total. The highest BCUT2D eigenvalue weighted by Crippen LogP contribution is 2.35. The number of amides is 2. The number of benzene rings is 1. The van der Waals surface area contributed by atoms with Gasteiger partial charge in [-0.05, 0) is 43.5 Å². The molecule has 0 spiro atoms. The van der Waals surface area contributed by atoms with Gasteiger partial charge in [0, 0.05) is 31.9 Å². The molecular weight excluding hydrogens is 692 g/mol. The molecule has 0 saturated carbocycles. The predicted molar refractivity (Wildman–Crippen MR) is 187 cm³/mol. The zero-order valence-electron chi connectivity index (χ0n) is 28.2. The molecule has 1 fully saturated rings. The average Bonchev–Trinajstić information content (AvgIpc) is 3.55. The summed E-state index contributed by atoms with van der Waals surface area (Å²) >= 11 is 6.19. The number of carbonyl (C=O) groups excluding carboxylic acids is 2.